The molecule has 0 aliphatic carbocycles. The van der Waals surface area contributed by atoms with Crippen LogP contribution in [-0.4, -0.2) is 17.4 Å². The first-order valence-electron chi connectivity index (χ1n) is 5.30. The molecule has 0 aliphatic heterocycles. The maximum absolute atomic E-state index is 11.0. The van der Waals surface area contributed by atoms with Gasteiger partial charge in [0.15, 0.2) is 5.96 Å². The van der Waals surface area contributed by atoms with Crippen LogP contribution in [-0.2, 0) is 0 Å². The van der Waals surface area contributed by atoms with Crippen LogP contribution in [0.4, 0.5) is 5.69 Å². The Balaban J connectivity index is 2.86. The molecule has 5 N–H and O–H groups in total. The molecule has 0 radical (unpaired) electrons. The molecule has 1 amide bonds. The van der Waals surface area contributed by atoms with Gasteiger partial charge in [-0.25, -0.2) is 4.99 Å². The van der Waals surface area contributed by atoms with Gasteiger partial charge in [-0.15, -0.1) is 0 Å². The predicted molar refractivity (Wildman–Crippen MR) is 70.0 cm³/mol. The lowest BCUT2D eigenvalue weighted by Crippen LogP contribution is -2.27. The largest absolute Gasteiger partial charge is 0.370 e. The number of carbonyl (C=O) groups is 1. The lowest BCUT2D eigenvalue weighted by Gasteiger charge is -2.14. The summed E-state index contributed by atoms with van der Waals surface area (Å²) >= 11 is 0. The predicted octanol–water partition coefficient (Wildman–Crippen LogP) is 1.31. The number of anilines is 1. The van der Waals surface area contributed by atoms with Crippen LogP contribution in [0.5, 0.6) is 0 Å². The number of benzene rings is 1. The van der Waals surface area contributed by atoms with Crippen molar-refractivity contribution in [1.29, 1.82) is 0 Å². The van der Waals surface area contributed by atoms with E-state index in [0.717, 1.165) is 0 Å². The molecule has 0 saturated carbocycles. The highest BCUT2D eigenvalue weighted by atomic mass is 16.1. The second kappa shape index (κ2) is 4.86. The van der Waals surface area contributed by atoms with Crippen LogP contribution >= 0.6 is 0 Å². The average molecular weight is 234 g/mol. The quantitative estimate of drug-likeness (QED) is 0.532. The van der Waals surface area contributed by atoms with Gasteiger partial charge in [0, 0.05) is 11.3 Å². The summed E-state index contributed by atoms with van der Waals surface area (Å²) in [5, 5.41) is 2.91. The Morgan fingerprint density at radius 3 is 2.47 bits per heavy atom. The Kier molecular flexibility index (Phi) is 3.73. The molecule has 0 atom stereocenters. The Morgan fingerprint density at radius 2 is 1.94 bits per heavy atom. The second-order valence-corrected chi connectivity index (χ2v) is 4.74. The van der Waals surface area contributed by atoms with Crippen LogP contribution < -0.4 is 16.8 Å². The third-order valence-electron chi connectivity index (χ3n) is 1.88. The number of nitrogens with zero attached hydrogens (tertiary/aromatic N) is 1. The van der Waals surface area contributed by atoms with Crippen LogP contribution in [0.2, 0.25) is 0 Å². The fourth-order valence-electron chi connectivity index (χ4n) is 1.29. The summed E-state index contributed by atoms with van der Waals surface area (Å²) in [6.45, 7) is 5.84. The third-order valence-corrected chi connectivity index (χ3v) is 1.88. The molecule has 1 aromatic rings. The molecule has 0 fully saturated rings. The first kappa shape index (κ1) is 13.0. The van der Waals surface area contributed by atoms with E-state index in [1.807, 2.05) is 20.8 Å². The van der Waals surface area contributed by atoms with Gasteiger partial charge < -0.3 is 16.8 Å². The van der Waals surface area contributed by atoms with Crippen molar-refractivity contribution in [1.82, 2.24) is 0 Å². The molecule has 1 rings (SSSR count). The van der Waals surface area contributed by atoms with E-state index in [0.29, 0.717) is 17.2 Å². The van der Waals surface area contributed by atoms with Crippen molar-refractivity contribution in [3.63, 3.8) is 0 Å². The van der Waals surface area contributed by atoms with E-state index in [-0.39, 0.29) is 5.54 Å². The minimum absolute atomic E-state index is 0.252. The number of guanidine groups is 1. The minimum Gasteiger partial charge on any atom is -0.370 e. The van der Waals surface area contributed by atoms with Crippen LogP contribution in [0, 0.1) is 0 Å². The van der Waals surface area contributed by atoms with Gasteiger partial charge in [-0.05, 0) is 39.0 Å². The topological polar surface area (TPSA) is 93.5 Å². The molecule has 0 unspecified atom stereocenters. The van der Waals surface area contributed by atoms with Crippen molar-refractivity contribution in [3.05, 3.63) is 29.8 Å². The smallest absolute Gasteiger partial charge is 0.248 e. The van der Waals surface area contributed by atoms with Crippen molar-refractivity contribution in [2.75, 3.05) is 5.32 Å². The van der Waals surface area contributed by atoms with Gasteiger partial charge in [0.2, 0.25) is 5.91 Å². The van der Waals surface area contributed by atoms with Crippen molar-refractivity contribution in [2.24, 2.45) is 16.5 Å². The lowest BCUT2D eigenvalue weighted by molar-refractivity contribution is 0.100. The number of hydrogen-bond acceptors (Lipinski definition) is 2. The Hall–Kier alpha value is -2.04. The number of aliphatic imine (C=N–C) groups is 1. The Bertz CT molecular complexity index is 446. The minimum atomic E-state index is -0.472. The molecule has 92 valence electrons. The van der Waals surface area contributed by atoms with Gasteiger partial charge in [-0.1, -0.05) is 6.07 Å². The van der Waals surface area contributed by atoms with E-state index < -0.39 is 5.91 Å². The molecule has 0 aromatic heterocycles. The zero-order valence-corrected chi connectivity index (χ0v) is 10.3. The van der Waals surface area contributed by atoms with Crippen molar-refractivity contribution in [2.45, 2.75) is 26.3 Å². The highest BCUT2D eigenvalue weighted by Gasteiger charge is 2.08. The molecule has 17 heavy (non-hydrogen) atoms. The Labute approximate surface area is 101 Å². The number of rotatable bonds is 2. The molecule has 1 aromatic carbocycles. The Morgan fingerprint density at radius 1 is 1.29 bits per heavy atom. The first-order valence-corrected chi connectivity index (χ1v) is 5.30. The standard InChI is InChI=1S/C12H18N4O/c1-12(2,3)16-11(14)15-9-6-4-5-8(7-9)10(13)17/h4-7H,1-3H3,(H2,13,17)(H3,14,15,16). The fraction of sp³-hybridized carbons (Fsp3) is 0.333. The number of amides is 1. The summed E-state index contributed by atoms with van der Waals surface area (Å²) in [5.41, 5.74) is 11.8. The summed E-state index contributed by atoms with van der Waals surface area (Å²) in [4.78, 5) is 15.2. The maximum atomic E-state index is 11.0. The molecule has 0 saturated heterocycles. The molecule has 5 heteroatoms. The summed E-state index contributed by atoms with van der Waals surface area (Å²) in [7, 11) is 0. The summed E-state index contributed by atoms with van der Waals surface area (Å²) in [5.74, 6) is -0.167. The third kappa shape index (κ3) is 4.55. The summed E-state index contributed by atoms with van der Waals surface area (Å²) in [6, 6.07) is 6.79. The van der Waals surface area contributed by atoms with Gasteiger partial charge in [0.1, 0.15) is 0 Å². The number of nitrogens with two attached hydrogens (primary N) is 2. The monoisotopic (exact) mass is 234 g/mol. The fourth-order valence-corrected chi connectivity index (χ4v) is 1.29. The van der Waals surface area contributed by atoms with E-state index in [4.69, 9.17) is 11.5 Å². The van der Waals surface area contributed by atoms with Crippen LogP contribution in [0.1, 0.15) is 31.1 Å². The highest BCUT2D eigenvalue weighted by Crippen LogP contribution is 2.11. The van der Waals surface area contributed by atoms with Crippen LogP contribution in [0.25, 0.3) is 0 Å². The van der Waals surface area contributed by atoms with E-state index in [1.165, 1.54) is 0 Å². The van der Waals surface area contributed by atoms with Crippen molar-refractivity contribution in [3.8, 4) is 0 Å². The molecular formula is C12H18N4O. The molecule has 5 nitrogen and oxygen atoms in total. The average Bonchev–Trinajstić information content (AvgIpc) is 2.14. The molecule has 0 heterocycles. The van der Waals surface area contributed by atoms with Crippen molar-refractivity contribution < 1.29 is 4.79 Å². The number of primary amides is 1. The second-order valence-electron chi connectivity index (χ2n) is 4.74. The van der Waals surface area contributed by atoms with Gasteiger partial charge in [-0.3, -0.25) is 4.79 Å². The molecule has 0 bridgehead atoms. The first-order chi connectivity index (χ1) is 7.78. The lowest BCUT2D eigenvalue weighted by atomic mass is 10.1. The normalized spacial score (nSPS) is 12.3. The summed E-state index contributed by atoms with van der Waals surface area (Å²) in [6.07, 6.45) is 0. The molecule has 0 aliphatic rings. The van der Waals surface area contributed by atoms with Gasteiger partial charge in [0.25, 0.3) is 0 Å². The number of carbonyl (C=O) groups excluding carboxylic acids is 1. The zero-order valence-electron chi connectivity index (χ0n) is 10.3. The van der Waals surface area contributed by atoms with Gasteiger partial charge in [0.05, 0.1) is 5.54 Å². The van der Waals surface area contributed by atoms with Gasteiger partial charge >= 0.3 is 0 Å². The zero-order chi connectivity index (χ0) is 13.1. The molecule has 0 spiro atoms. The number of nitrogens with one attached hydrogen (secondary N) is 1. The van der Waals surface area contributed by atoms with Crippen molar-refractivity contribution >= 4 is 17.6 Å². The molecular weight excluding hydrogens is 216 g/mol. The van der Waals surface area contributed by atoms with Crippen LogP contribution in [0.3, 0.4) is 0 Å². The number of hydrogen-bond donors (Lipinski definition) is 3. The van der Waals surface area contributed by atoms with E-state index in [9.17, 15) is 4.79 Å². The maximum Gasteiger partial charge on any atom is 0.248 e. The summed E-state index contributed by atoms with van der Waals surface area (Å²) < 4.78 is 0. The highest BCUT2D eigenvalue weighted by molar-refractivity contribution is 5.96. The van der Waals surface area contributed by atoms with E-state index in [1.54, 1.807) is 24.3 Å². The van der Waals surface area contributed by atoms with E-state index >= 15 is 0 Å². The van der Waals surface area contributed by atoms with Crippen LogP contribution in [0.15, 0.2) is 29.3 Å². The SMILES string of the molecule is CC(C)(C)N=C(N)Nc1cccc(C(N)=O)c1. The van der Waals surface area contributed by atoms with E-state index in [2.05, 4.69) is 10.3 Å². The van der Waals surface area contributed by atoms with Gasteiger partial charge in [-0.2, -0.15) is 0 Å².